The van der Waals surface area contributed by atoms with Crippen LogP contribution in [0.5, 0.6) is 0 Å². The predicted molar refractivity (Wildman–Crippen MR) is 112 cm³/mol. The summed E-state index contributed by atoms with van der Waals surface area (Å²) in [7, 11) is 0. The lowest BCUT2D eigenvalue weighted by Crippen LogP contribution is -2.31. The van der Waals surface area contributed by atoms with Gasteiger partial charge in [0.05, 0.1) is 6.61 Å². The Balaban J connectivity index is 0. The first-order valence-corrected chi connectivity index (χ1v) is 11.0. The molecule has 174 valence electrons. The van der Waals surface area contributed by atoms with Crippen molar-refractivity contribution in [1.29, 1.82) is 0 Å². The lowest BCUT2D eigenvalue weighted by Gasteiger charge is -2.15. The number of carbonyl (C=O) groups is 2. The average molecular weight is 422 g/mol. The Labute approximate surface area is 175 Å². The van der Waals surface area contributed by atoms with E-state index in [9.17, 15) is 9.59 Å². The molecule has 2 unspecified atom stereocenters. The Morgan fingerprint density at radius 3 is 1.90 bits per heavy atom. The van der Waals surface area contributed by atoms with Crippen LogP contribution >= 0.6 is 0 Å². The molecular formula is C21H43NO7. The summed E-state index contributed by atoms with van der Waals surface area (Å²) in [5, 5.41) is 37.2. The van der Waals surface area contributed by atoms with Crippen LogP contribution in [0.1, 0.15) is 90.9 Å². The quantitative estimate of drug-likeness (QED) is 0.169. The van der Waals surface area contributed by atoms with Crippen LogP contribution in [0.2, 0.25) is 0 Å². The van der Waals surface area contributed by atoms with Crippen LogP contribution in [0.3, 0.4) is 0 Å². The first-order chi connectivity index (χ1) is 13.9. The molecule has 2 atom stereocenters. The molecule has 29 heavy (non-hydrogen) atoms. The number of rotatable bonds is 18. The van der Waals surface area contributed by atoms with E-state index in [2.05, 4.69) is 19.2 Å². The van der Waals surface area contributed by atoms with Crippen molar-refractivity contribution in [3.8, 4) is 0 Å². The summed E-state index contributed by atoms with van der Waals surface area (Å²) in [4.78, 5) is 21.1. The zero-order valence-electron chi connectivity index (χ0n) is 18.3. The Morgan fingerprint density at radius 2 is 1.38 bits per heavy atom. The van der Waals surface area contributed by atoms with Gasteiger partial charge >= 0.3 is 5.97 Å². The van der Waals surface area contributed by atoms with E-state index in [-0.39, 0.29) is 12.5 Å². The van der Waals surface area contributed by atoms with E-state index in [0.717, 1.165) is 32.1 Å². The van der Waals surface area contributed by atoms with Gasteiger partial charge in [-0.3, -0.25) is 9.59 Å². The van der Waals surface area contributed by atoms with E-state index in [4.69, 9.17) is 25.2 Å². The number of hydrogen-bond acceptors (Lipinski definition) is 6. The van der Waals surface area contributed by atoms with Crippen LogP contribution in [0.25, 0.3) is 0 Å². The van der Waals surface area contributed by atoms with E-state index >= 15 is 0 Å². The van der Waals surface area contributed by atoms with Gasteiger partial charge in [0, 0.05) is 13.0 Å². The number of nitrogens with one attached hydrogen (secondary N) is 1. The van der Waals surface area contributed by atoms with Crippen LogP contribution in [0, 0.1) is 0 Å². The molecule has 0 aromatic carbocycles. The number of aliphatic hydroxyl groups is 3. The number of aliphatic hydroxyl groups excluding tert-OH is 3. The highest BCUT2D eigenvalue weighted by Crippen LogP contribution is 2.06. The molecule has 0 rings (SSSR count). The van der Waals surface area contributed by atoms with Crippen LogP contribution < -0.4 is 5.32 Å². The Bertz CT molecular complexity index is 380. The number of carboxylic acid groups (broad SMARTS) is 1. The predicted octanol–water partition coefficient (Wildman–Crippen LogP) is 2.58. The van der Waals surface area contributed by atoms with E-state index in [0.29, 0.717) is 13.0 Å². The normalized spacial score (nSPS) is 12.6. The van der Waals surface area contributed by atoms with Gasteiger partial charge in [-0.25, -0.2) is 0 Å². The van der Waals surface area contributed by atoms with Crippen molar-refractivity contribution in [3.05, 3.63) is 0 Å². The molecule has 0 saturated heterocycles. The van der Waals surface area contributed by atoms with Crippen LogP contribution in [-0.4, -0.2) is 64.5 Å². The maximum atomic E-state index is 11.0. The molecule has 0 heterocycles. The van der Waals surface area contributed by atoms with Gasteiger partial charge in [-0.15, -0.1) is 0 Å². The lowest BCUT2D eigenvalue weighted by molar-refractivity contribution is -0.171. The second-order valence-corrected chi connectivity index (χ2v) is 7.11. The fraction of sp³-hybridized carbons (Fsp3) is 0.905. The largest absolute Gasteiger partial charge is 0.480 e. The molecule has 0 aliphatic rings. The average Bonchev–Trinajstić information content (AvgIpc) is 2.71. The molecule has 0 aromatic heterocycles. The minimum Gasteiger partial charge on any atom is -0.480 e. The van der Waals surface area contributed by atoms with Crippen LogP contribution in [-0.2, 0) is 14.3 Å². The summed E-state index contributed by atoms with van der Waals surface area (Å²) in [5.41, 5.74) is 0. The molecule has 0 aromatic rings. The van der Waals surface area contributed by atoms with E-state index in [1.807, 2.05) is 0 Å². The summed E-state index contributed by atoms with van der Waals surface area (Å²) in [5.74, 6) is -1.16. The van der Waals surface area contributed by atoms with Gasteiger partial charge in [0.1, 0.15) is 12.6 Å². The molecule has 0 aliphatic heterocycles. The minimum atomic E-state index is -1.26. The van der Waals surface area contributed by atoms with Crippen molar-refractivity contribution in [2.45, 2.75) is 103 Å². The first kappa shape index (κ1) is 30.0. The lowest BCUT2D eigenvalue weighted by atomic mass is 10.1. The summed E-state index contributed by atoms with van der Waals surface area (Å²) in [6.45, 7) is 4.01. The fourth-order valence-corrected chi connectivity index (χ4v) is 2.44. The molecule has 0 fully saturated rings. The number of ether oxygens (including phenoxy) is 1. The first-order valence-electron chi connectivity index (χ1n) is 11.0. The number of amides is 1. The highest BCUT2D eigenvalue weighted by Gasteiger charge is 2.14. The molecule has 8 heteroatoms. The zero-order valence-corrected chi connectivity index (χ0v) is 18.3. The number of carbonyl (C=O) groups excluding carboxylic acids is 1. The number of aliphatic carboxylic acids is 1. The van der Waals surface area contributed by atoms with Gasteiger partial charge in [0.15, 0.2) is 6.29 Å². The Kier molecular flexibility index (Phi) is 23.8. The van der Waals surface area contributed by atoms with Crippen LogP contribution in [0.15, 0.2) is 0 Å². The van der Waals surface area contributed by atoms with Gasteiger partial charge in [-0.05, 0) is 12.8 Å². The highest BCUT2D eigenvalue weighted by molar-refractivity contribution is 5.80. The van der Waals surface area contributed by atoms with E-state index < -0.39 is 25.0 Å². The molecule has 0 radical (unpaired) electrons. The SMILES string of the molecule is CCCCCCCC(=O)NCC(=O)O.CCCCCCCCOC(O)C(O)CO. The summed E-state index contributed by atoms with van der Waals surface area (Å²) in [6.07, 6.45) is 10.4. The number of carboxylic acids is 1. The van der Waals surface area contributed by atoms with Crippen molar-refractivity contribution >= 4 is 11.9 Å². The maximum Gasteiger partial charge on any atom is 0.322 e. The van der Waals surface area contributed by atoms with Crippen molar-refractivity contribution in [3.63, 3.8) is 0 Å². The topological polar surface area (TPSA) is 136 Å². The van der Waals surface area contributed by atoms with E-state index in [1.54, 1.807) is 0 Å². The van der Waals surface area contributed by atoms with Gasteiger partial charge in [0.2, 0.25) is 5.91 Å². The molecule has 0 saturated carbocycles. The molecule has 0 bridgehead atoms. The minimum absolute atomic E-state index is 0.163. The summed E-state index contributed by atoms with van der Waals surface area (Å²) in [6, 6.07) is 0. The molecule has 1 amide bonds. The molecular weight excluding hydrogens is 378 g/mol. The molecule has 0 spiro atoms. The highest BCUT2D eigenvalue weighted by atomic mass is 16.6. The summed E-state index contributed by atoms with van der Waals surface area (Å²) >= 11 is 0. The Morgan fingerprint density at radius 1 is 0.862 bits per heavy atom. The van der Waals surface area contributed by atoms with Gasteiger partial charge in [0.25, 0.3) is 0 Å². The number of hydrogen-bond donors (Lipinski definition) is 5. The third-order valence-electron chi connectivity index (χ3n) is 4.25. The van der Waals surface area contributed by atoms with Crippen molar-refractivity contribution in [2.24, 2.45) is 0 Å². The second-order valence-electron chi connectivity index (χ2n) is 7.11. The Hall–Kier alpha value is -1.22. The molecule has 8 nitrogen and oxygen atoms in total. The molecule has 5 N–H and O–H groups in total. The third kappa shape index (κ3) is 24.7. The molecule has 0 aliphatic carbocycles. The van der Waals surface area contributed by atoms with E-state index in [1.165, 1.54) is 38.5 Å². The fourth-order valence-electron chi connectivity index (χ4n) is 2.44. The smallest absolute Gasteiger partial charge is 0.322 e. The maximum absolute atomic E-state index is 11.0. The standard InChI is InChI=1S/C11H24O4.C10H19NO3/c1-2-3-4-5-6-7-8-15-11(14)10(13)9-12;1-2-3-4-5-6-7-9(12)11-8-10(13)14/h10-14H,2-9H2,1H3;2-8H2,1H3,(H,11,12)(H,13,14). The van der Waals surface area contributed by atoms with Crippen molar-refractivity contribution in [1.82, 2.24) is 5.32 Å². The second kappa shape index (κ2) is 23.1. The van der Waals surface area contributed by atoms with Gasteiger partial charge in [-0.1, -0.05) is 71.6 Å². The summed E-state index contributed by atoms with van der Waals surface area (Å²) < 4.78 is 4.95. The van der Waals surface area contributed by atoms with Crippen molar-refractivity contribution < 1.29 is 34.8 Å². The zero-order chi connectivity index (χ0) is 22.3. The van der Waals surface area contributed by atoms with Gasteiger partial charge in [-0.2, -0.15) is 0 Å². The van der Waals surface area contributed by atoms with Gasteiger partial charge < -0.3 is 30.5 Å². The monoisotopic (exact) mass is 421 g/mol. The van der Waals surface area contributed by atoms with Crippen LogP contribution in [0.4, 0.5) is 0 Å². The number of unbranched alkanes of at least 4 members (excludes halogenated alkanes) is 9. The van der Waals surface area contributed by atoms with Crippen molar-refractivity contribution in [2.75, 3.05) is 19.8 Å². The third-order valence-corrected chi connectivity index (χ3v) is 4.25.